The van der Waals surface area contributed by atoms with Gasteiger partial charge in [-0.2, -0.15) is 0 Å². The van der Waals surface area contributed by atoms with E-state index in [-0.39, 0.29) is 34.8 Å². The Morgan fingerprint density at radius 2 is 2.11 bits per heavy atom. The zero-order chi connectivity index (χ0) is 13.9. The van der Waals surface area contributed by atoms with E-state index < -0.39 is 11.4 Å². The Kier molecular flexibility index (Phi) is 6.77. The Labute approximate surface area is 124 Å². The van der Waals surface area contributed by atoms with Crippen LogP contribution in [0.1, 0.15) is 31.1 Å². The predicted molar refractivity (Wildman–Crippen MR) is 78.4 cm³/mol. The predicted octanol–water partition coefficient (Wildman–Crippen LogP) is 3.00. The molecule has 0 saturated carbocycles. The molecule has 1 amide bonds. The summed E-state index contributed by atoms with van der Waals surface area (Å²) in [5, 5.41) is 2.94. The molecule has 0 aliphatic heterocycles. The number of hydrogen-bond acceptors (Lipinski definition) is 2. The molecule has 0 aliphatic carbocycles. The molecule has 3 N–H and O–H groups in total. The van der Waals surface area contributed by atoms with Crippen LogP contribution in [0.15, 0.2) is 18.2 Å². The van der Waals surface area contributed by atoms with Gasteiger partial charge in [-0.1, -0.05) is 25.4 Å². The van der Waals surface area contributed by atoms with E-state index in [1.807, 2.05) is 20.8 Å². The van der Waals surface area contributed by atoms with E-state index >= 15 is 0 Å². The Hall–Kier alpha value is -0.840. The standard InChI is InChI=1S/C13H18ClFN2O.ClH/c1-8(2)13(3,7-16)17-12(18)10-5-4-9(15)6-11(10)14;/h4-6,8H,7,16H2,1-3H3,(H,17,18);1H. The Morgan fingerprint density at radius 1 is 1.53 bits per heavy atom. The molecule has 19 heavy (non-hydrogen) atoms. The van der Waals surface area contributed by atoms with Crippen LogP contribution in [-0.4, -0.2) is 18.0 Å². The van der Waals surface area contributed by atoms with Gasteiger partial charge in [-0.15, -0.1) is 12.4 Å². The molecule has 0 heterocycles. The largest absolute Gasteiger partial charge is 0.345 e. The third kappa shape index (κ3) is 4.34. The highest BCUT2D eigenvalue weighted by Gasteiger charge is 2.29. The van der Waals surface area contributed by atoms with E-state index in [9.17, 15) is 9.18 Å². The van der Waals surface area contributed by atoms with Crippen molar-refractivity contribution in [3.63, 3.8) is 0 Å². The molecular weight excluding hydrogens is 290 g/mol. The lowest BCUT2D eigenvalue weighted by Gasteiger charge is -2.33. The summed E-state index contributed by atoms with van der Waals surface area (Å²) in [4.78, 5) is 12.1. The average Bonchev–Trinajstić information content (AvgIpc) is 2.28. The maximum Gasteiger partial charge on any atom is 0.253 e. The number of nitrogens with two attached hydrogens (primary N) is 1. The highest BCUT2D eigenvalue weighted by atomic mass is 35.5. The lowest BCUT2D eigenvalue weighted by atomic mass is 9.88. The number of carbonyl (C=O) groups is 1. The molecule has 3 nitrogen and oxygen atoms in total. The SMILES string of the molecule is CC(C)C(C)(CN)NC(=O)c1ccc(F)cc1Cl.Cl. The zero-order valence-corrected chi connectivity index (χ0v) is 12.7. The first-order valence-corrected chi connectivity index (χ1v) is 6.15. The van der Waals surface area contributed by atoms with Gasteiger partial charge in [0.25, 0.3) is 5.91 Å². The first kappa shape index (κ1) is 18.2. The van der Waals surface area contributed by atoms with Gasteiger partial charge in [0.05, 0.1) is 16.1 Å². The topological polar surface area (TPSA) is 55.1 Å². The molecule has 1 aromatic carbocycles. The quantitative estimate of drug-likeness (QED) is 0.898. The van der Waals surface area contributed by atoms with Gasteiger partial charge in [-0.25, -0.2) is 4.39 Å². The maximum absolute atomic E-state index is 12.9. The molecule has 1 aromatic rings. The van der Waals surface area contributed by atoms with E-state index in [0.717, 1.165) is 6.07 Å². The number of benzene rings is 1. The maximum atomic E-state index is 12.9. The molecule has 0 spiro atoms. The molecule has 1 rings (SSSR count). The van der Waals surface area contributed by atoms with Gasteiger partial charge in [-0.05, 0) is 31.0 Å². The second kappa shape index (κ2) is 7.08. The van der Waals surface area contributed by atoms with E-state index in [1.54, 1.807) is 0 Å². The lowest BCUT2D eigenvalue weighted by Crippen LogP contribution is -2.55. The van der Waals surface area contributed by atoms with Crippen LogP contribution in [0, 0.1) is 11.7 Å². The van der Waals surface area contributed by atoms with Crippen LogP contribution in [0.5, 0.6) is 0 Å². The van der Waals surface area contributed by atoms with Crippen molar-refractivity contribution in [1.29, 1.82) is 0 Å². The summed E-state index contributed by atoms with van der Waals surface area (Å²) in [6, 6.07) is 3.69. The molecule has 6 heteroatoms. The second-order valence-electron chi connectivity index (χ2n) is 4.85. The number of halogens is 3. The van der Waals surface area contributed by atoms with Crippen molar-refractivity contribution in [2.45, 2.75) is 26.3 Å². The van der Waals surface area contributed by atoms with Crippen LogP contribution in [-0.2, 0) is 0 Å². The van der Waals surface area contributed by atoms with Crippen LogP contribution < -0.4 is 11.1 Å². The zero-order valence-electron chi connectivity index (χ0n) is 11.2. The van der Waals surface area contributed by atoms with Crippen LogP contribution >= 0.6 is 24.0 Å². The van der Waals surface area contributed by atoms with Crippen molar-refractivity contribution in [2.75, 3.05) is 6.54 Å². The van der Waals surface area contributed by atoms with Gasteiger partial charge in [0.1, 0.15) is 5.82 Å². The van der Waals surface area contributed by atoms with Crippen LogP contribution in [0.25, 0.3) is 0 Å². The number of hydrogen-bond donors (Lipinski definition) is 2. The summed E-state index contributed by atoms with van der Waals surface area (Å²) in [5.74, 6) is -0.644. The van der Waals surface area contributed by atoms with Crippen molar-refractivity contribution in [1.82, 2.24) is 5.32 Å². The van der Waals surface area contributed by atoms with E-state index in [1.165, 1.54) is 12.1 Å². The van der Waals surface area contributed by atoms with Crippen molar-refractivity contribution in [2.24, 2.45) is 11.7 Å². The summed E-state index contributed by atoms with van der Waals surface area (Å²) < 4.78 is 12.9. The molecule has 0 saturated heterocycles. The van der Waals surface area contributed by atoms with E-state index in [4.69, 9.17) is 17.3 Å². The fraction of sp³-hybridized carbons (Fsp3) is 0.462. The summed E-state index contributed by atoms with van der Waals surface area (Å²) in [6.07, 6.45) is 0. The molecule has 1 atom stereocenters. The van der Waals surface area contributed by atoms with Gasteiger partial charge in [0.15, 0.2) is 0 Å². The first-order chi connectivity index (χ1) is 8.30. The van der Waals surface area contributed by atoms with Crippen molar-refractivity contribution >= 4 is 29.9 Å². The molecule has 1 unspecified atom stereocenters. The Morgan fingerprint density at radius 3 is 2.53 bits per heavy atom. The minimum Gasteiger partial charge on any atom is -0.345 e. The third-order valence-corrected chi connectivity index (χ3v) is 3.59. The molecule has 0 fully saturated rings. The van der Waals surface area contributed by atoms with E-state index in [0.29, 0.717) is 6.54 Å². The smallest absolute Gasteiger partial charge is 0.253 e. The number of carbonyl (C=O) groups excluding carboxylic acids is 1. The number of rotatable bonds is 4. The van der Waals surface area contributed by atoms with Crippen LogP contribution in [0.2, 0.25) is 5.02 Å². The van der Waals surface area contributed by atoms with Crippen molar-refractivity contribution in [3.05, 3.63) is 34.6 Å². The number of nitrogens with one attached hydrogen (secondary N) is 1. The second-order valence-corrected chi connectivity index (χ2v) is 5.26. The summed E-state index contributed by atoms with van der Waals surface area (Å²) in [7, 11) is 0. The number of amides is 1. The van der Waals surface area contributed by atoms with Gasteiger partial charge in [0, 0.05) is 6.54 Å². The van der Waals surface area contributed by atoms with Crippen molar-refractivity contribution in [3.8, 4) is 0 Å². The molecule has 0 aromatic heterocycles. The van der Waals surface area contributed by atoms with Gasteiger partial charge in [-0.3, -0.25) is 4.79 Å². The molecular formula is C13H19Cl2FN2O. The van der Waals surface area contributed by atoms with E-state index in [2.05, 4.69) is 5.32 Å². The van der Waals surface area contributed by atoms with Gasteiger partial charge in [0.2, 0.25) is 0 Å². The Balaban J connectivity index is 0.00000324. The van der Waals surface area contributed by atoms with Crippen LogP contribution in [0.3, 0.4) is 0 Å². The fourth-order valence-electron chi connectivity index (χ4n) is 1.43. The fourth-order valence-corrected chi connectivity index (χ4v) is 1.68. The summed E-state index contributed by atoms with van der Waals surface area (Å²) >= 11 is 5.84. The Bertz CT molecular complexity index is 454. The van der Waals surface area contributed by atoms with Gasteiger partial charge < -0.3 is 11.1 Å². The van der Waals surface area contributed by atoms with Gasteiger partial charge >= 0.3 is 0 Å². The third-order valence-electron chi connectivity index (χ3n) is 3.27. The molecule has 0 radical (unpaired) electrons. The lowest BCUT2D eigenvalue weighted by molar-refractivity contribution is 0.0883. The molecule has 0 aliphatic rings. The van der Waals surface area contributed by atoms with Crippen LogP contribution in [0.4, 0.5) is 4.39 Å². The average molecular weight is 309 g/mol. The normalized spacial score (nSPS) is 13.6. The van der Waals surface area contributed by atoms with Crippen molar-refractivity contribution < 1.29 is 9.18 Å². The first-order valence-electron chi connectivity index (χ1n) is 5.78. The minimum atomic E-state index is -0.519. The summed E-state index contributed by atoms with van der Waals surface area (Å²) in [5.41, 5.74) is 5.42. The molecule has 108 valence electrons. The molecule has 0 bridgehead atoms. The minimum absolute atomic E-state index is 0. The monoisotopic (exact) mass is 308 g/mol. The highest BCUT2D eigenvalue weighted by molar-refractivity contribution is 6.33. The summed E-state index contributed by atoms with van der Waals surface area (Å²) in [6.45, 7) is 6.13. The highest BCUT2D eigenvalue weighted by Crippen LogP contribution is 2.20.